The number of rotatable bonds is 5. The molecular weight excluding hydrogens is 254 g/mol. The lowest BCUT2D eigenvalue weighted by Crippen LogP contribution is -2.69. The molecule has 0 aromatic heterocycles. The maximum atomic E-state index is 6.13. The Hall–Kier alpha value is 0.0569. The molecule has 0 saturated heterocycles. The van der Waals surface area contributed by atoms with Crippen LogP contribution in [0, 0.1) is 0 Å². The lowest BCUT2D eigenvalue weighted by Gasteiger charge is -2.50. The summed E-state index contributed by atoms with van der Waals surface area (Å²) in [7, 11) is 0.197. The van der Waals surface area contributed by atoms with Crippen LogP contribution < -0.4 is 10.3 Å². The summed E-state index contributed by atoms with van der Waals surface area (Å²) < 4.78 is 8.64. The predicted molar refractivity (Wildman–Crippen MR) is 86.4 cm³/mol. The van der Waals surface area contributed by atoms with Gasteiger partial charge in [-0.3, -0.25) is 9.88 Å². The summed E-state index contributed by atoms with van der Waals surface area (Å²) >= 11 is 0. The summed E-state index contributed by atoms with van der Waals surface area (Å²) in [5, 5.41) is 3.09. The molecule has 0 bridgehead atoms. The quantitative estimate of drug-likeness (QED) is 0.601. The summed E-state index contributed by atoms with van der Waals surface area (Å²) in [6, 6.07) is 0. The number of hydrogen-bond acceptors (Lipinski definition) is 4. The number of nitrogens with one attached hydrogen (secondary N) is 2. The van der Waals surface area contributed by atoms with Crippen molar-refractivity contribution in [2.45, 2.75) is 78.9 Å². The summed E-state index contributed by atoms with van der Waals surface area (Å²) in [4.78, 5) is 3.71. The molecule has 0 rings (SSSR count). The van der Waals surface area contributed by atoms with Gasteiger partial charge < -0.3 is 9.41 Å². The monoisotopic (exact) mass is 289 g/mol. The van der Waals surface area contributed by atoms with Gasteiger partial charge in [-0.2, -0.15) is 0 Å². The van der Waals surface area contributed by atoms with E-state index in [1.807, 2.05) is 7.05 Å². The molecule has 0 aliphatic carbocycles. The Morgan fingerprint density at radius 3 is 1.58 bits per heavy atom. The zero-order valence-electron chi connectivity index (χ0n) is 14.6. The van der Waals surface area contributed by atoms with E-state index in [2.05, 4.69) is 77.2 Å². The summed E-state index contributed by atoms with van der Waals surface area (Å²) in [6.45, 7) is 20.7. The zero-order valence-corrected chi connectivity index (χ0v) is 15.8. The third-order valence-electron chi connectivity index (χ3n) is 2.62. The van der Waals surface area contributed by atoms with Gasteiger partial charge in [-0.05, 0) is 69.4 Å². The highest BCUT2D eigenvalue weighted by atomic mass is 28.3. The van der Waals surface area contributed by atoms with Gasteiger partial charge in [-0.1, -0.05) is 0 Å². The fourth-order valence-electron chi connectivity index (χ4n) is 2.42. The highest BCUT2D eigenvalue weighted by molar-refractivity contribution is 6.46. The first-order valence-corrected chi connectivity index (χ1v) is 8.69. The van der Waals surface area contributed by atoms with E-state index in [-0.39, 0.29) is 16.6 Å². The van der Waals surface area contributed by atoms with E-state index in [0.29, 0.717) is 6.73 Å². The highest BCUT2D eigenvalue weighted by Crippen LogP contribution is 2.26. The fraction of sp³-hybridized carbons (Fsp3) is 1.00. The van der Waals surface area contributed by atoms with Crippen LogP contribution in [0.5, 0.6) is 0 Å². The third-order valence-corrected chi connectivity index (χ3v) is 6.24. The lowest BCUT2D eigenvalue weighted by molar-refractivity contribution is 0.0870. The van der Waals surface area contributed by atoms with Crippen molar-refractivity contribution < 1.29 is 4.43 Å². The van der Waals surface area contributed by atoms with Crippen LogP contribution in [0.15, 0.2) is 0 Å². The van der Waals surface area contributed by atoms with Crippen LogP contribution in [0.25, 0.3) is 0 Å². The van der Waals surface area contributed by atoms with Gasteiger partial charge in [0, 0.05) is 16.6 Å². The summed E-state index contributed by atoms with van der Waals surface area (Å²) in [5.74, 6) is 0. The van der Waals surface area contributed by atoms with E-state index in [1.54, 1.807) is 0 Å². The molecule has 0 fully saturated rings. The Morgan fingerprint density at radius 2 is 1.32 bits per heavy atom. The topological polar surface area (TPSA) is 36.5 Å². The lowest BCUT2D eigenvalue weighted by atomic mass is 10.0. The van der Waals surface area contributed by atoms with Crippen LogP contribution in [-0.4, -0.2) is 44.3 Å². The first kappa shape index (κ1) is 19.1. The Bertz CT molecular complexity index is 249. The molecule has 0 aromatic carbocycles. The first-order chi connectivity index (χ1) is 8.29. The van der Waals surface area contributed by atoms with E-state index in [0.717, 1.165) is 0 Å². The minimum atomic E-state index is -1.72. The summed E-state index contributed by atoms with van der Waals surface area (Å²) in [6.07, 6.45) is 0. The second-order valence-electron chi connectivity index (χ2n) is 8.12. The van der Waals surface area contributed by atoms with Gasteiger partial charge in [0.05, 0.1) is 6.73 Å². The van der Waals surface area contributed by atoms with Crippen molar-refractivity contribution in [2.24, 2.45) is 0 Å². The van der Waals surface area contributed by atoms with Crippen LogP contribution in [0.1, 0.15) is 62.3 Å². The normalized spacial score (nSPS) is 15.9. The molecule has 5 heteroatoms. The molecule has 116 valence electrons. The molecule has 0 saturated carbocycles. The van der Waals surface area contributed by atoms with E-state index in [9.17, 15) is 0 Å². The molecule has 0 heterocycles. The molecule has 0 aromatic rings. The fourth-order valence-corrected chi connectivity index (χ4v) is 5.26. The molecule has 0 amide bonds. The van der Waals surface area contributed by atoms with Crippen LogP contribution in [0.4, 0.5) is 0 Å². The van der Waals surface area contributed by atoms with Gasteiger partial charge in [0.2, 0.25) is 0 Å². The molecule has 0 aliphatic heterocycles. The van der Waals surface area contributed by atoms with E-state index < -0.39 is 9.36 Å². The standard InChI is InChI=1S/C14H35N3OSi/c1-12(2,3)16-19(18-11-15-10)17(13(4,5)6)14(7,8)9/h15-16,19H,11H2,1-10H3. The summed E-state index contributed by atoms with van der Waals surface area (Å²) in [5.41, 5.74) is 0.196. The van der Waals surface area contributed by atoms with E-state index >= 15 is 0 Å². The number of nitrogens with zero attached hydrogens (tertiary/aromatic N) is 1. The van der Waals surface area contributed by atoms with Gasteiger partial charge in [-0.15, -0.1) is 0 Å². The molecule has 1 unspecified atom stereocenters. The minimum absolute atomic E-state index is 0.0549. The van der Waals surface area contributed by atoms with Gasteiger partial charge in [0.25, 0.3) is 0 Å². The van der Waals surface area contributed by atoms with Gasteiger partial charge in [0.15, 0.2) is 0 Å². The van der Waals surface area contributed by atoms with Crippen molar-refractivity contribution in [1.29, 1.82) is 0 Å². The Morgan fingerprint density at radius 1 is 0.895 bits per heavy atom. The molecule has 0 spiro atoms. The largest absolute Gasteiger partial charge is 0.381 e. The smallest absolute Gasteiger partial charge is 0.340 e. The van der Waals surface area contributed by atoms with Crippen LogP contribution >= 0.6 is 0 Å². The van der Waals surface area contributed by atoms with Crippen LogP contribution in [-0.2, 0) is 4.43 Å². The maximum Gasteiger partial charge on any atom is 0.340 e. The first-order valence-electron chi connectivity index (χ1n) is 7.12. The van der Waals surface area contributed by atoms with Crippen LogP contribution in [0.2, 0.25) is 0 Å². The van der Waals surface area contributed by atoms with Crippen molar-refractivity contribution in [1.82, 2.24) is 14.9 Å². The SMILES string of the molecule is CNCO[SiH](NC(C)(C)C)N(C(C)(C)C)C(C)(C)C. The molecule has 2 N–H and O–H groups in total. The van der Waals surface area contributed by atoms with Crippen LogP contribution in [0.3, 0.4) is 0 Å². The molecule has 1 atom stereocenters. The second kappa shape index (κ2) is 6.67. The molecular formula is C14H35N3OSi. The second-order valence-corrected chi connectivity index (χ2v) is 9.97. The Balaban J connectivity index is 5.25. The Kier molecular flexibility index (Phi) is 6.69. The van der Waals surface area contributed by atoms with Gasteiger partial charge in [-0.25, -0.2) is 0 Å². The highest BCUT2D eigenvalue weighted by Gasteiger charge is 2.40. The van der Waals surface area contributed by atoms with Crippen molar-refractivity contribution in [3.05, 3.63) is 0 Å². The maximum absolute atomic E-state index is 6.13. The van der Waals surface area contributed by atoms with Gasteiger partial charge in [0.1, 0.15) is 0 Å². The predicted octanol–water partition coefficient (Wildman–Crippen LogP) is 2.18. The molecule has 0 radical (unpaired) electrons. The Labute approximate surface area is 122 Å². The average molecular weight is 290 g/mol. The van der Waals surface area contributed by atoms with Crippen molar-refractivity contribution in [3.63, 3.8) is 0 Å². The van der Waals surface area contributed by atoms with Gasteiger partial charge >= 0.3 is 9.36 Å². The molecule has 0 aliphatic rings. The molecule has 4 nitrogen and oxygen atoms in total. The average Bonchev–Trinajstić information content (AvgIpc) is 2.06. The molecule has 19 heavy (non-hydrogen) atoms. The number of hydrogen-bond donors (Lipinski definition) is 2. The minimum Gasteiger partial charge on any atom is -0.381 e. The van der Waals surface area contributed by atoms with E-state index in [4.69, 9.17) is 4.43 Å². The van der Waals surface area contributed by atoms with E-state index in [1.165, 1.54) is 0 Å². The van der Waals surface area contributed by atoms with Crippen molar-refractivity contribution in [3.8, 4) is 0 Å². The van der Waals surface area contributed by atoms with Crippen molar-refractivity contribution >= 4 is 9.36 Å². The third kappa shape index (κ3) is 7.42. The van der Waals surface area contributed by atoms with Crippen molar-refractivity contribution in [2.75, 3.05) is 13.8 Å². The zero-order chi connectivity index (χ0) is 15.5.